The normalized spacial score (nSPS) is 11.6. The monoisotopic (exact) mass is 244 g/mol. The Kier molecular flexibility index (Phi) is 12.2. The van der Waals surface area contributed by atoms with Crippen LogP contribution in [0.3, 0.4) is 0 Å². The molecule has 0 aromatic heterocycles. The van der Waals surface area contributed by atoms with Crippen molar-refractivity contribution >= 4 is 0 Å². The largest absolute Gasteiger partial charge is 0.320 e. The van der Waals surface area contributed by atoms with Gasteiger partial charge in [0, 0.05) is 0 Å². The molecule has 0 unspecified atom stereocenters. The number of rotatable bonds is 12. The molecule has 0 aromatic carbocycles. The molecule has 0 spiro atoms. The molecule has 104 valence electrons. The molecule has 2 N–H and O–H groups in total. The molecule has 0 heterocycles. The minimum Gasteiger partial charge on any atom is -0.320 e. The molecule has 4 nitrogen and oxygen atoms in total. The summed E-state index contributed by atoms with van der Waals surface area (Å²) in [6.45, 7) is 6.97. The molecule has 0 bridgehead atoms. The molecule has 0 rings (SSSR count). The molecular formula is C13H32N4. The number of nitrogens with zero attached hydrogens (tertiary/aromatic N) is 2. The molecule has 0 atom stereocenters. The molecule has 0 aliphatic carbocycles. The van der Waals surface area contributed by atoms with Gasteiger partial charge in [0.1, 0.15) is 0 Å². The lowest BCUT2D eigenvalue weighted by molar-refractivity contribution is 0.296. The SMILES string of the molecule is CNCCCNCCCN(C)CCCN(C)C. The number of hydrogen-bond acceptors (Lipinski definition) is 4. The minimum atomic E-state index is 1.11. The zero-order valence-electron chi connectivity index (χ0n) is 12.3. The van der Waals surface area contributed by atoms with Crippen molar-refractivity contribution in [3.8, 4) is 0 Å². The third kappa shape index (κ3) is 13.8. The van der Waals surface area contributed by atoms with Crippen LogP contribution in [0.2, 0.25) is 0 Å². The third-order valence-electron chi connectivity index (χ3n) is 2.82. The van der Waals surface area contributed by atoms with E-state index in [1.54, 1.807) is 0 Å². The lowest BCUT2D eigenvalue weighted by Crippen LogP contribution is -2.27. The molecule has 0 aliphatic heterocycles. The Morgan fingerprint density at radius 1 is 0.765 bits per heavy atom. The van der Waals surface area contributed by atoms with Gasteiger partial charge in [-0.25, -0.2) is 0 Å². The summed E-state index contributed by atoms with van der Waals surface area (Å²) in [6, 6.07) is 0. The van der Waals surface area contributed by atoms with E-state index in [-0.39, 0.29) is 0 Å². The van der Waals surface area contributed by atoms with Crippen LogP contribution in [0.15, 0.2) is 0 Å². The van der Waals surface area contributed by atoms with Gasteiger partial charge in [-0.2, -0.15) is 0 Å². The molecule has 17 heavy (non-hydrogen) atoms. The maximum absolute atomic E-state index is 3.47. The van der Waals surface area contributed by atoms with E-state index < -0.39 is 0 Å². The molecule has 0 aliphatic rings. The van der Waals surface area contributed by atoms with E-state index in [0.717, 1.165) is 19.6 Å². The van der Waals surface area contributed by atoms with Crippen molar-refractivity contribution in [3.05, 3.63) is 0 Å². The Bertz CT molecular complexity index is 150. The fourth-order valence-electron chi connectivity index (χ4n) is 1.76. The van der Waals surface area contributed by atoms with Crippen molar-refractivity contribution in [2.75, 3.05) is 67.5 Å². The smallest absolute Gasteiger partial charge is 0.000959 e. The van der Waals surface area contributed by atoms with E-state index in [1.165, 1.54) is 38.9 Å². The summed E-state index contributed by atoms with van der Waals surface area (Å²) in [4.78, 5) is 4.68. The first-order chi connectivity index (χ1) is 8.16. The second kappa shape index (κ2) is 12.3. The molecule has 0 amide bonds. The summed E-state index contributed by atoms with van der Waals surface area (Å²) in [5.74, 6) is 0. The molecule has 0 saturated carbocycles. The van der Waals surface area contributed by atoms with Gasteiger partial charge in [-0.1, -0.05) is 0 Å². The van der Waals surface area contributed by atoms with Gasteiger partial charge in [0.05, 0.1) is 0 Å². The highest BCUT2D eigenvalue weighted by molar-refractivity contribution is 4.56. The Balaban J connectivity index is 3.13. The van der Waals surface area contributed by atoms with E-state index >= 15 is 0 Å². The number of hydrogen-bond donors (Lipinski definition) is 2. The van der Waals surface area contributed by atoms with Gasteiger partial charge < -0.3 is 20.4 Å². The van der Waals surface area contributed by atoms with Gasteiger partial charge in [-0.05, 0) is 86.7 Å². The van der Waals surface area contributed by atoms with Crippen LogP contribution in [0.5, 0.6) is 0 Å². The van der Waals surface area contributed by atoms with Gasteiger partial charge in [-0.15, -0.1) is 0 Å². The number of nitrogens with one attached hydrogen (secondary N) is 2. The first-order valence-corrected chi connectivity index (χ1v) is 6.85. The van der Waals surface area contributed by atoms with E-state index in [9.17, 15) is 0 Å². The third-order valence-corrected chi connectivity index (χ3v) is 2.82. The highest BCUT2D eigenvalue weighted by Crippen LogP contribution is 1.91. The molecule has 4 heteroatoms. The molecule has 0 aromatic rings. The second-order valence-corrected chi connectivity index (χ2v) is 5.02. The van der Waals surface area contributed by atoms with Crippen molar-refractivity contribution in [1.82, 2.24) is 20.4 Å². The van der Waals surface area contributed by atoms with Crippen LogP contribution in [-0.4, -0.2) is 77.3 Å². The fourth-order valence-corrected chi connectivity index (χ4v) is 1.76. The van der Waals surface area contributed by atoms with Crippen LogP contribution in [0.25, 0.3) is 0 Å². The summed E-state index contributed by atoms with van der Waals surface area (Å²) in [5.41, 5.74) is 0. The van der Waals surface area contributed by atoms with Crippen molar-refractivity contribution in [1.29, 1.82) is 0 Å². The molecular weight excluding hydrogens is 212 g/mol. The highest BCUT2D eigenvalue weighted by Gasteiger charge is 1.98. The van der Waals surface area contributed by atoms with Crippen LogP contribution in [-0.2, 0) is 0 Å². The van der Waals surface area contributed by atoms with Crippen LogP contribution in [0, 0.1) is 0 Å². The topological polar surface area (TPSA) is 30.5 Å². The Morgan fingerprint density at radius 3 is 2.06 bits per heavy atom. The van der Waals surface area contributed by atoms with Crippen molar-refractivity contribution in [2.24, 2.45) is 0 Å². The maximum atomic E-state index is 3.47. The average Bonchev–Trinajstić information content (AvgIpc) is 2.27. The summed E-state index contributed by atoms with van der Waals surface area (Å²) >= 11 is 0. The minimum absolute atomic E-state index is 1.11. The predicted octanol–water partition coefficient (Wildman–Crippen LogP) is 0.459. The van der Waals surface area contributed by atoms with Gasteiger partial charge in [0.15, 0.2) is 0 Å². The molecule has 0 saturated heterocycles. The van der Waals surface area contributed by atoms with Crippen LogP contribution < -0.4 is 10.6 Å². The van der Waals surface area contributed by atoms with E-state index in [1.807, 2.05) is 7.05 Å². The van der Waals surface area contributed by atoms with Crippen LogP contribution >= 0.6 is 0 Å². The Morgan fingerprint density at radius 2 is 1.41 bits per heavy atom. The molecule has 0 radical (unpaired) electrons. The van der Waals surface area contributed by atoms with Crippen LogP contribution in [0.1, 0.15) is 19.3 Å². The van der Waals surface area contributed by atoms with E-state index in [0.29, 0.717) is 0 Å². The van der Waals surface area contributed by atoms with Crippen molar-refractivity contribution < 1.29 is 0 Å². The van der Waals surface area contributed by atoms with Crippen LogP contribution in [0.4, 0.5) is 0 Å². The van der Waals surface area contributed by atoms with Crippen molar-refractivity contribution in [3.63, 3.8) is 0 Å². The molecule has 0 fully saturated rings. The quantitative estimate of drug-likeness (QED) is 0.488. The van der Waals surface area contributed by atoms with Gasteiger partial charge in [-0.3, -0.25) is 0 Å². The predicted molar refractivity (Wildman–Crippen MR) is 76.7 cm³/mol. The standard InChI is InChI=1S/C13H32N4/c1-14-8-5-9-15-10-6-12-17(4)13-7-11-16(2)3/h14-15H,5-13H2,1-4H3. The van der Waals surface area contributed by atoms with E-state index in [2.05, 4.69) is 41.6 Å². The summed E-state index contributed by atoms with van der Waals surface area (Å²) in [5, 5.41) is 6.63. The zero-order chi connectivity index (χ0) is 12.9. The Hall–Kier alpha value is -0.160. The summed E-state index contributed by atoms with van der Waals surface area (Å²) in [7, 11) is 8.49. The average molecular weight is 244 g/mol. The lowest BCUT2D eigenvalue weighted by Gasteiger charge is -2.18. The van der Waals surface area contributed by atoms with Gasteiger partial charge >= 0.3 is 0 Å². The van der Waals surface area contributed by atoms with Gasteiger partial charge in [0.25, 0.3) is 0 Å². The second-order valence-electron chi connectivity index (χ2n) is 5.02. The Labute approximate surface area is 108 Å². The maximum Gasteiger partial charge on any atom is -0.000959 e. The van der Waals surface area contributed by atoms with Crippen molar-refractivity contribution in [2.45, 2.75) is 19.3 Å². The lowest BCUT2D eigenvalue weighted by atomic mass is 10.3. The first-order valence-electron chi connectivity index (χ1n) is 6.85. The summed E-state index contributed by atoms with van der Waals surface area (Å²) < 4.78 is 0. The summed E-state index contributed by atoms with van der Waals surface area (Å²) in [6.07, 6.45) is 3.73. The van der Waals surface area contributed by atoms with Gasteiger partial charge in [0.2, 0.25) is 0 Å². The fraction of sp³-hybridized carbons (Fsp3) is 1.00. The highest BCUT2D eigenvalue weighted by atomic mass is 15.1. The first kappa shape index (κ1) is 16.8. The zero-order valence-corrected chi connectivity index (χ0v) is 12.3. The van der Waals surface area contributed by atoms with E-state index in [4.69, 9.17) is 0 Å².